The maximum atomic E-state index is 13.1. The number of aliphatic hydroxyl groups is 1. The van der Waals surface area contributed by atoms with Gasteiger partial charge in [-0.2, -0.15) is 13.2 Å². The molecule has 1 heterocycles. The fourth-order valence-corrected chi connectivity index (χ4v) is 1.94. The number of pyridine rings is 1. The van der Waals surface area contributed by atoms with Crippen molar-refractivity contribution in [1.29, 1.82) is 0 Å². The number of halogens is 3. The van der Waals surface area contributed by atoms with E-state index in [9.17, 15) is 18.3 Å². The summed E-state index contributed by atoms with van der Waals surface area (Å²) in [7, 11) is 0. The Morgan fingerprint density at radius 1 is 1.10 bits per heavy atom. The van der Waals surface area contributed by atoms with Crippen molar-refractivity contribution in [3.63, 3.8) is 0 Å². The predicted octanol–water partition coefficient (Wildman–Crippen LogP) is 3.52. The molecular weight excluding hydrogens is 279 g/mol. The summed E-state index contributed by atoms with van der Waals surface area (Å²) in [6.45, 7) is 1.25. The summed E-state index contributed by atoms with van der Waals surface area (Å²) in [5.41, 5.74) is -2.31. The van der Waals surface area contributed by atoms with Gasteiger partial charge in [-0.15, -0.1) is 5.92 Å². The lowest BCUT2D eigenvalue weighted by atomic mass is 9.91. The van der Waals surface area contributed by atoms with Crippen LogP contribution in [0.5, 0.6) is 0 Å². The Morgan fingerprint density at radius 2 is 1.81 bits per heavy atom. The summed E-state index contributed by atoms with van der Waals surface area (Å²) in [4.78, 5) is 3.93. The monoisotopic (exact) mass is 291 g/mol. The lowest BCUT2D eigenvalue weighted by Gasteiger charge is -2.26. The molecule has 5 heteroatoms. The van der Waals surface area contributed by atoms with Crippen LogP contribution in [0.25, 0.3) is 11.1 Å². The molecule has 0 spiro atoms. The van der Waals surface area contributed by atoms with E-state index in [-0.39, 0.29) is 5.56 Å². The molecule has 0 radical (unpaired) electrons. The molecule has 1 aromatic carbocycles. The summed E-state index contributed by atoms with van der Waals surface area (Å²) in [6.07, 6.45) is -1.78. The Hall–Kier alpha value is -2.32. The number of aromatic nitrogens is 1. The van der Waals surface area contributed by atoms with E-state index in [0.29, 0.717) is 11.1 Å². The van der Waals surface area contributed by atoms with Gasteiger partial charge in [0, 0.05) is 18.0 Å². The maximum absolute atomic E-state index is 13.1. The van der Waals surface area contributed by atoms with Crippen LogP contribution in [0.1, 0.15) is 12.5 Å². The van der Waals surface area contributed by atoms with Crippen molar-refractivity contribution in [3.05, 3.63) is 54.4 Å². The van der Waals surface area contributed by atoms with Crippen LogP contribution in [-0.2, 0) is 5.60 Å². The van der Waals surface area contributed by atoms with Gasteiger partial charge in [0.25, 0.3) is 0 Å². The van der Waals surface area contributed by atoms with Crippen molar-refractivity contribution in [2.75, 3.05) is 0 Å². The minimum absolute atomic E-state index is 0.314. The number of nitrogens with zero attached hydrogens (tertiary/aromatic N) is 1. The first-order valence-corrected chi connectivity index (χ1v) is 6.12. The summed E-state index contributed by atoms with van der Waals surface area (Å²) < 4.78 is 39.4. The van der Waals surface area contributed by atoms with Gasteiger partial charge in [0.2, 0.25) is 5.60 Å². The zero-order chi connectivity index (χ0) is 15.5. The Kier molecular flexibility index (Phi) is 4.01. The fraction of sp³-hybridized carbons (Fsp3) is 0.188. The highest BCUT2D eigenvalue weighted by atomic mass is 19.4. The zero-order valence-electron chi connectivity index (χ0n) is 11.1. The van der Waals surface area contributed by atoms with Crippen LogP contribution in [0.2, 0.25) is 0 Å². The lowest BCUT2D eigenvalue weighted by molar-refractivity contribution is -0.240. The van der Waals surface area contributed by atoms with Crippen LogP contribution in [-0.4, -0.2) is 16.3 Å². The highest BCUT2D eigenvalue weighted by molar-refractivity contribution is 5.63. The summed E-state index contributed by atoms with van der Waals surface area (Å²) in [5, 5.41) is 9.98. The number of hydrogen-bond donors (Lipinski definition) is 1. The average molecular weight is 291 g/mol. The highest BCUT2D eigenvalue weighted by Gasteiger charge is 2.54. The molecule has 2 rings (SSSR count). The van der Waals surface area contributed by atoms with E-state index in [1.165, 1.54) is 31.3 Å². The van der Waals surface area contributed by atoms with Gasteiger partial charge < -0.3 is 5.11 Å². The lowest BCUT2D eigenvalue weighted by Crippen LogP contribution is -2.41. The molecule has 0 saturated carbocycles. The third kappa shape index (κ3) is 2.91. The quantitative estimate of drug-likeness (QED) is 0.859. The molecule has 0 fully saturated rings. The topological polar surface area (TPSA) is 33.1 Å². The second kappa shape index (κ2) is 5.58. The normalized spacial score (nSPS) is 14.0. The molecule has 1 aromatic heterocycles. The van der Waals surface area contributed by atoms with Crippen molar-refractivity contribution in [3.8, 4) is 23.0 Å². The van der Waals surface area contributed by atoms with E-state index in [1.54, 1.807) is 24.4 Å². The first-order chi connectivity index (χ1) is 9.88. The minimum Gasteiger partial charge on any atom is -0.366 e. The third-order valence-corrected chi connectivity index (χ3v) is 2.99. The van der Waals surface area contributed by atoms with Gasteiger partial charge in [0.15, 0.2) is 0 Å². The number of benzene rings is 1. The Bertz CT molecular complexity index is 686. The van der Waals surface area contributed by atoms with Crippen LogP contribution in [0.15, 0.2) is 48.8 Å². The molecule has 0 amide bonds. The average Bonchev–Trinajstić information content (AvgIpc) is 2.47. The van der Waals surface area contributed by atoms with Crippen molar-refractivity contribution >= 4 is 0 Å². The van der Waals surface area contributed by atoms with E-state index < -0.39 is 11.8 Å². The summed E-state index contributed by atoms with van der Waals surface area (Å²) >= 11 is 0. The van der Waals surface area contributed by atoms with Crippen LogP contribution in [0.3, 0.4) is 0 Å². The van der Waals surface area contributed by atoms with Crippen molar-refractivity contribution in [2.24, 2.45) is 0 Å². The van der Waals surface area contributed by atoms with Gasteiger partial charge in [-0.1, -0.05) is 30.2 Å². The molecule has 1 atom stereocenters. The summed E-state index contributed by atoms with van der Waals surface area (Å²) in [5.74, 6) is 4.00. The van der Waals surface area contributed by atoms with Gasteiger partial charge in [-0.25, -0.2) is 0 Å². The molecule has 1 N–H and O–H groups in total. The van der Waals surface area contributed by atoms with E-state index in [1.807, 2.05) is 5.92 Å². The number of hydrogen-bond acceptors (Lipinski definition) is 2. The highest BCUT2D eigenvalue weighted by Crippen LogP contribution is 2.39. The molecule has 0 aliphatic heterocycles. The van der Waals surface area contributed by atoms with E-state index >= 15 is 0 Å². The Labute approximate surface area is 120 Å². The smallest absolute Gasteiger partial charge is 0.366 e. The standard InChI is InChI=1S/C16H12F3NO/c1-2-8-15(21,16(17,18)19)14-7-3-5-12(10-14)13-6-4-9-20-11-13/h3-7,9-11,21H,1H3. The van der Waals surface area contributed by atoms with E-state index in [0.717, 1.165) is 0 Å². The van der Waals surface area contributed by atoms with Crippen LogP contribution in [0, 0.1) is 11.8 Å². The molecule has 0 bridgehead atoms. The third-order valence-electron chi connectivity index (χ3n) is 2.99. The SMILES string of the molecule is CC#CC(O)(c1cccc(-c2cccnc2)c1)C(F)(F)F. The van der Waals surface area contributed by atoms with Crippen molar-refractivity contribution < 1.29 is 18.3 Å². The van der Waals surface area contributed by atoms with Crippen LogP contribution >= 0.6 is 0 Å². The Balaban J connectivity index is 2.56. The molecule has 0 saturated heterocycles. The van der Waals surface area contributed by atoms with E-state index in [2.05, 4.69) is 10.9 Å². The molecule has 21 heavy (non-hydrogen) atoms. The second-order valence-corrected chi connectivity index (χ2v) is 4.41. The van der Waals surface area contributed by atoms with Crippen LogP contribution in [0.4, 0.5) is 13.2 Å². The van der Waals surface area contributed by atoms with Gasteiger partial charge in [0.1, 0.15) is 0 Å². The number of rotatable bonds is 2. The predicted molar refractivity (Wildman–Crippen MR) is 73.1 cm³/mol. The molecule has 2 aromatic rings. The molecule has 2 nitrogen and oxygen atoms in total. The molecule has 108 valence electrons. The second-order valence-electron chi connectivity index (χ2n) is 4.41. The van der Waals surface area contributed by atoms with Crippen molar-refractivity contribution in [1.82, 2.24) is 4.98 Å². The Morgan fingerprint density at radius 3 is 2.38 bits per heavy atom. The van der Waals surface area contributed by atoms with Crippen LogP contribution < -0.4 is 0 Å². The summed E-state index contributed by atoms with van der Waals surface area (Å²) in [6, 6.07) is 8.99. The zero-order valence-corrected chi connectivity index (χ0v) is 11.1. The molecule has 0 aliphatic rings. The van der Waals surface area contributed by atoms with E-state index in [4.69, 9.17) is 0 Å². The van der Waals surface area contributed by atoms with Gasteiger partial charge >= 0.3 is 6.18 Å². The maximum Gasteiger partial charge on any atom is 0.433 e. The van der Waals surface area contributed by atoms with Gasteiger partial charge in [-0.3, -0.25) is 4.98 Å². The first kappa shape index (κ1) is 15.1. The van der Waals surface area contributed by atoms with Gasteiger partial charge in [0.05, 0.1) is 0 Å². The first-order valence-electron chi connectivity index (χ1n) is 6.12. The van der Waals surface area contributed by atoms with Crippen molar-refractivity contribution in [2.45, 2.75) is 18.7 Å². The molecule has 1 unspecified atom stereocenters. The molecular formula is C16H12F3NO. The molecule has 0 aliphatic carbocycles. The minimum atomic E-state index is -4.89. The largest absolute Gasteiger partial charge is 0.433 e. The fourth-order valence-electron chi connectivity index (χ4n) is 1.94. The number of alkyl halides is 3. The van der Waals surface area contributed by atoms with Gasteiger partial charge in [-0.05, 0) is 30.2 Å².